The summed E-state index contributed by atoms with van der Waals surface area (Å²) in [5.41, 5.74) is 0. The summed E-state index contributed by atoms with van der Waals surface area (Å²) in [7, 11) is 1.87. The third-order valence-corrected chi connectivity index (χ3v) is 1.78. The number of carbonyl (C=O) groups is 1. The first kappa shape index (κ1) is 7.21. The van der Waals surface area contributed by atoms with Crippen molar-refractivity contribution in [2.45, 2.75) is 19.2 Å². The number of hydrogen-bond acceptors (Lipinski definition) is 1. The zero-order chi connectivity index (χ0) is 6.08. The van der Waals surface area contributed by atoms with Gasteiger partial charge in [0.2, 0.25) is 0 Å². The van der Waals surface area contributed by atoms with Crippen molar-refractivity contribution in [2.24, 2.45) is 0 Å². The van der Waals surface area contributed by atoms with Crippen LogP contribution >= 0.6 is 15.9 Å². The molecule has 0 radical (unpaired) electrons. The fourth-order valence-electron chi connectivity index (χ4n) is 0. The predicted molar refractivity (Wildman–Crippen MR) is 36.5 cm³/mol. The van der Waals surface area contributed by atoms with Crippen LogP contribution in [0.25, 0.3) is 0 Å². The molecule has 0 atom stereocenters. The first-order chi connectivity index (χ1) is 2.94. The summed E-state index contributed by atoms with van der Waals surface area (Å²) < 4.78 is 0.0556. The summed E-state index contributed by atoms with van der Waals surface area (Å²) in [6.07, 6.45) is 0. The van der Waals surface area contributed by atoms with E-state index >= 15 is 0 Å². The quantitative estimate of drug-likeness (QED) is 0.411. The lowest BCUT2D eigenvalue weighted by atomic mass is 9.74. The minimum Gasteiger partial charge on any atom is -0.287 e. The van der Waals surface area contributed by atoms with E-state index in [9.17, 15) is 4.79 Å². The van der Waals surface area contributed by atoms with Crippen molar-refractivity contribution in [3.05, 3.63) is 0 Å². The molecule has 0 amide bonds. The topological polar surface area (TPSA) is 17.1 Å². The summed E-state index contributed by atoms with van der Waals surface area (Å²) in [6, 6.07) is 0. The van der Waals surface area contributed by atoms with Gasteiger partial charge in [-0.1, -0.05) is 13.8 Å². The lowest BCUT2D eigenvalue weighted by Gasteiger charge is -2.09. The largest absolute Gasteiger partial charge is 0.287 e. The molecule has 0 N–H and O–H groups in total. The zero-order valence-corrected chi connectivity index (χ0v) is 6.37. The van der Waals surface area contributed by atoms with Crippen molar-refractivity contribution >= 4 is 28.5 Å². The Kier molecular flexibility index (Phi) is 2.05. The minimum absolute atomic E-state index is 0.0556. The highest BCUT2D eigenvalue weighted by molar-refractivity contribution is 9.18. The van der Waals surface area contributed by atoms with Gasteiger partial charge in [0.05, 0.1) is 0 Å². The van der Waals surface area contributed by atoms with E-state index in [1.54, 1.807) is 0 Å². The van der Waals surface area contributed by atoms with E-state index in [4.69, 9.17) is 0 Å². The van der Waals surface area contributed by atoms with Gasteiger partial charge < -0.3 is 0 Å². The molecule has 0 aliphatic rings. The molecule has 0 unspecified atom stereocenters. The fourth-order valence-corrected chi connectivity index (χ4v) is 0. The molecule has 0 aliphatic carbocycles. The molecule has 1 nitrogen and oxygen atoms in total. The van der Waals surface area contributed by atoms with Gasteiger partial charge in [0.15, 0.2) is 4.69 Å². The van der Waals surface area contributed by atoms with Crippen LogP contribution in [0.2, 0.25) is 5.31 Å². The molecule has 0 heterocycles. The average molecular weight is 163 g/mol. The van der Waals surface area contributed by atoms with Gasteiger partial charge in [-0.3, -0.25) is 4.79 Å². The molecule has 0 aromatic heterocycles. The second-order valence-electron chi connectivity index (χ2n) is 2.52. The second kappa shape index (κ2) is 1.99. The maximum absolute atomic E-state index is 10.4. The molecular formula is C4H8BBrO. The van der Waals surface area contributed by atoms with E-state index in [0.29, 0.717) is 0 Å². The van der Waals surface area contributed by atoms with Crippen LogP contribution in [0.5, 0.6) is 0 Å². The first-order valence-electron chi connectivity index (χ1n) is 2.14. The van der Waals surface area contributed by atoms with Crippen LogP contribution < -0.4 is 0 Å². The maximum atomic E-state index is 10.4. The van der Waals surface area contributed by atoms with Crippen molar-refractivity contribution in [1.29, 1.82) is 0 Å². The Hall–Kier alpha value is 0.215. The second-order valence-corrected chi connectivity index (χ2v) is 3.24. The summed E-state index contributed by atoms with van der Waals surface area (Å²) >= 11 is 2.86. The first-order valence-corrected chi connectivity index (χ1v) is 2.94. The van der Waals surface area contributed by atoms with Crippen LogP contribution in [0.4, 0.5) is 0 Å². The highest BCUT2D eigenvalue weighted by Crippen LogP contribution is 2.22. The monoisotopic (exact) mass is 162 g/mol. The van der Waals surface area contributed by atoms with Crippen LogP contribution in [0.1, 0.15) is 13.8 Å². The van der Waals surface area contributed by atoms with Gasteiger partial charge in [0.25, 0.3) is 0 Å². The van der Waals surface area contributed by atoms with E-state index in [2.05, 4.69) is 15.9 Å². The number of carbonyl (C=O) groups excluding carboxylic acids is 1. The van der Waals surface area contributed by atoms with E-state index in [1.165, 1.54) is 0 Å². The normalized spacial score (nSPS) is 11.3. The lowest BCUT2D eigenvalue weighted by molar-refractivity contribution is -0.112. The highest BCUT2D eigenvalue weighted by atomic mass is 79.9. The van der Waals surface area contributed by atoms with Gasteiger partial charge in [0.1, 0.15) is 7.85 Å². The Balaban J connectivity index is 3.79. The average Bonchev–Trinajstić information content (AvgIpc) is 1.31. The standard InChI is InChI=1S/C4H8BBrO/c1-4(2,5)3(6)7/h5H2,1-2H3. The summed E-state index contributed by atoms with van der Waals surface area (Å²) in [5.74, 6) is 0. The van der Waals surface area contributed by atoms with Crippen molar-refractivity contribution in [1.82, 2.24) is 0 Å². The van der Waals surface area contributed by atoms with Gasteiger partial charge in [-0.05, 0) is 15.9 Å². The van der Waals surface area contributed by atoms with Crippen molar-refractivity contribution in [3.63, 3.8) is 0 Å². The Bertz CT molecular complexity index is 84.2. The molecule has 0 saturated carbocycles. The molecule has 7 heavy (non-hydrogen) atoms. The van der Waals surface area contributed by atoms with Gasteiger partial charge in [-0.2, -0.15) is 0 Å². The van der Waals surface area contributed by atoms with Crippen LogP contribution in [0, 0.1) is 0 Å². The van der Waals surface area contributed by atoms with Gasteiger partial charge in [0, 0.05) is 5.31 Å². The highest BCUT2D eigenvalue weighted by Gasteiger charge is 2.16. The number of halogens is 1. The molecular weight excluding hydrogens is 155 g/mol. The van der Waals surface area contributed by atoms with E-state index < -0.39 is 0 Å². The maximum Gasteiger partial charge on any atom is 0.195 e. The molecule has 3 heteroatoms. The molecule has 0 rings (SSSR count). The smallest absolute Gasteiger partial charge is 0.195 e. The SMILES string of the molecule is BC(C)(C)C(=O)Br. The summed E-state index contributed by atoms with van der Waals surface area (Å²) in [5, 5.41) is -0.222. The molecule has 0 aromatic rings. The lowest BCUT2D eigenvalue weighted by Crippen LogP contribution is -2.09. The molecule has 0 bridgehead atoms. The third-order valence-electron chi connectivity index (χ3n) is 0.590. The molecule has 40 valence electrons. The van der Waals surface area contributed by atoms with Gasteiger partial charge in [-0.15, -0.1) is 0 Å². The van der Waals surface area contributed by atoms with E-state index in [1.807, 2.05) is 21.7 Å². The van der Waals surface area contributed by atoms with Gasteiger partial charge in [-0.25, -0.2) is 0 Å². The van der Waals surface area contributed by atoms with Crippen LogP contribution in [0.3, 0.4) is 0 Å². The Morgan fingerprint density at radius 1 is 1.71 bits per heavy atom. The van der Waals surface area contributed by atoms with Crippen LogP contribution in [-0.4, -0.2) is 12.5 Å². The molecule has 0 fully saturated rings. The molecule has 0 spiro atoms. The number of rotatable bonds is 1. The minimum atomic E-state index is -0.222. The van der Waals surface area contributed by atoms with E-state index in [-0.39, 0.29) is 10.0 Å². The molecule has 0 aliphatic heterocycles. The van der Waals surface area contributed by atoms with E-state index in [0.717, 1.165) is 0 Å². The summed E-state index contributed by atoms with van der Waals surface area (Å²) in [4.78, 5) is 10.4. The Morgan fingerprint density at radius 3 is 1.86 bits per heavy atom. The molecule has 0 aromatic carbocycles. The van der Waals surface area contributed by atoms with Crippen molar-refractivity contribution in [2.75, 3.05) is 0 Å². The zero-order valence-electron chi connectivity index (χ0n) is 4.79. The third kappa shape index (κ3) is 2.86. The van der Waals surface area contributed by atoms with Gasteiger partial charge >= 0.3 is 0 Å². The van der Waals surface area contributed by atoms with Crippen LogP contribution in [-0.2, 0) is 4.79 Å². The fraction of sp³-hybridized carbons (Fsp3) is 0.750. The Labute approximate surface area is 53.0 Å². The molecule has 0 saturated heterocycles. The van der Waals surface area contributed by atoms with Crippen LogP contribution in [0.15, 0.2) is 0 Å². The predicted octanol–water partition coefficient (Wildman–Crippen LogP) is 0.739. The van der Waals surface area contributed by atoms with Crippen molar-refractivity contribution < 1.29 is 4.79 Å². The van der Waals surface area contributed by atoms with Crippen molar-refractivity contribution in [3.8, 4) is 0 Å². The number of hydrogen-bond donors (Lipinski definition) is 0. The summed E-state index contributed by atoms with van der Waals surface area (Å²) in [6.45, 7) is 3.73. The Morgan fingerprint density at radius 2 is 1.86 bits per heavy atom.